The van der Waals surface area contributed by atoms with Gasteiger partial charge in [0.1, 0.15) is 0 Å². The SMILES string of the molecule is Cc1ccccc1-c1cccc(-c2cc3c4ccccc4c4cccc5c6ccccc6c(c2)c3c45)c1S. The highest BCUT2D eigenvalue weighted by atomic mass is 32.1. The van der Waals surface area contributed by atoms with Gasteiger partial charge in [-0.15, -0.1) is 12.6 Å². The molecule has 0 saturated carbocycles. The van der Waals surface area contributed by atoms with Crippen molar-refractivity contribution < 1.29 is 0 Å². The second-order valence-electron chi connectivity index (χ2n) is 10.3. The topological polar surface area (TPSA) is 0 Å². The van der Waals surface area contributed by atoms with Crippen molar-refractivity contribution in [2.24, 2.45) is 0 Å². The Morgan fingerprint density at radius 3 is 1.42 bits per heavy atom. The summed E-state index contributed by atoms with van der Waals surface area (Å²) in [6, 6.07) is 44.4. The van der Waals surface area contributed by atoms with E-state index < -0.39 is 0 Å². The third kappa shape index (κ3) is 2.94. The van der Waals surface area contributed by atoms with E-state index in [1.165, 1.54) is 76.1 Å². The van der Waals surface area contributed by atoms with Crippen LogP contribution in [0.15, 0.2) is 126 Å². The van der Waals surface area contributed by atoms with E-state index in [1.807, 2.05) is 0 Å². The average Bonchev–Trinajstić information content (AvgIpc) is 2.97. The monoisotopic (exact) mass is 500 g/mol. The third-order valence-electron chi connectivity index (χ3n) is 8.25. The van der Waals surface area contributed by atoms with E-state index in [-0.39, 0.29) is 0 Å². The third-order valence-corrected chi connectivity index (χ3v) is 8.73. The molecular formula is C37H24S. The van der Waals surface area contributed by atoms with Crippen LogP contribution in [0, 0.1) is 6.92 Å². The largest absolute Gasteiger partial charge is 0.142 e. The van der Waals surface area contributed by atoms with Gasteiger partial charge in [0, 0.05) is 4.90 Å². The van der Waals surface area contributed by atoms with Crippen molar-refractivity contribution in [3.8, 4) is 22.3 Å². The summed E-state index contributed by atoms with van der Waals surface area (Å²) in [5.74, 6) is 0. The van der Waals surface area contributed by atoms with Gasteiger partial charge in [-0.05, 0) is 101 Å². The van der Waals surface area contributed by atoms with E-state index in [2.05, 4.69) is 128 Å². The first-order chi connectivity index (χ1) is 18.7. The Balaban J connectivity index is 1.56. The highest BCUT2D eigenvalue weighted by molar-refractivity contribution is 7.80. The van der Waals surface area contributed by atoms with Gasteiger partial charge in [0.15, 0.2) is 0 Å². The summed E-state index contributed by atoms with van der Waals surface area (Å²) in [7, 11) is 0. The minimum atomic E-state index is 1.02. The summed E-state index contributed by atoms with van der Waals surface area (Å²) >= 11 is 5.14. The normalized spacial score (nSPS) is 11.9. The van der Waals surface area contributed by atoms with Gasteiger partial charge in [-0.1, -0.05) is 109 Å². The molecule has 8 aromatic rings. The van der Waals surface area contributed by atoms with Crippen LogP contribution >= 0.6 is 12.6 Å². The van der Waals surface area contributed by atoms with Gasteiger partial charge in [-0.25, -0.2) is 0 Å². The summed E-state index contributed by atoms with van der Waals surface area (Å²) < 4.78 is 0. The predicted octanol–water partition coefficient (Wildman–Crippen LogP) is 10.8. The maximum absolute atomic E-state index is 5.14. The summed E-state index contributed by atoms with van der Waals surface area (Å²) in [5.41, 5.74) is 6.02. The molecule has 0 fully saturated rings. The van der Waals surface area contributed by atoms with Gasteiger partial charge in [0.05, 0.1) is 0 Å². The molecule has 0 aliphatic rings. The number of rotatable bonds is 2. The maximum Gasteiger partial charge on any atom is 0.0197 e. The van der Waals surface area contributed by atoms with Crippen LogP contribution in [-0.4, -0.2) is 0 Å². The fourth-order valence-electron chi connectivity index (χ4n) is 6.54. The number of aryl methyl sites for hydroxylation is 1. The molecule has 178 valence electrons. The van der Waals surface area contributed by atoms with Crippen LogP contribution in [-0.2, 0) is 0 Å². The highest BCUT2D eigenvalue weighted by Gasteiger charge is 2.19. The molecule has 1 heteroatoms. The zero-order chi connectivity index (χ0) is 25.4. The van der Waals surface area contributed by atoms with Gasteiger partial charge in [-0.2, -0.15) is 0 Å². The molecular weight excluding hydrogens is 476 g/mol. The number of benzene rings is 8. The van der Waals surface area contributed by atoms with Crippen LogP contribution in [0.1, 0.15) is 5.56 Å². The molecule has 0 saturated heterocycles. The molecule has 0 heterocycles. The molecule has 0 bridgehead atoms. The van der Waals surface area contributed by atoms with Crippen molar-refractivity contribution in [2.45, 2.75) is 11.8 Å². The first-order valence-corrected chi connectivity index (χ1v) is 13.5. The van der Waals surface area contributed by atoms with Crippen LogP contribution < -0.4 is 0 Å². The van der Waals surface area contributed by atoms with Gasteiger partial charge >= 0.3 is 0 Å². The van der Waals surface area contributed by atoms with Crippen LogP contribution in [0.3, 0.4) is 0 Å². The first-order valence-electron chi connectivity index (χ1n) is 13.1. The zero-order valence-corrected chi connectivity index (χ0v) is 21.9. The smallest absolute Gasteiger partial charge is 0.0197 e. The zero-order valence-electron chi connectivity index (χ0n) is 21.0. The molecule has 0 radical (unpaired) electrons. The maximum atomic E-state index is 5.14. The van der Waals surface area contributed by atoms with Crippen molar-refractivity contribution in [1.29, 1.82) is 0 Å². The van der Waals surface area contributed by atoms with Crippen molar-refractivity contribution >= 4 is 66.5 Å². The standard InChI is InChI=1S/C37H24S/c1-22-10-2-3-11-24(22)32-19-8-16-25(37(32)38)23-20-33-28-14-6-4-12-26(28)30-17-9-18-31-27-13-5-7-15-29(27)34(21-23)36(33)35(30)31/h2-21,38H,1H3. The molecule has 0 amide bonds. The molecule has 0 spiro atoms. The van der Waals surface area contributed by atoms with Crippen LogP contribution in [0.2, 0.25) is 0 Å². The van der Waals surface area contributed by atoms with Crippen LogP contribution in [0.25, 0.3) is 76.1 Å². The Morgan fingerprint density at radius 1 is 0.395 bits per heavy atom. The molecule has 0 unspecified atom stereocenters. The Kier molecular flexibility index (Phi) is 4.62. The first kappa shape index (κ1) is 21.7. The van der Waals surface area contributed by atoms with E-state index in [4.69, 9.17) is 12.6 Å². The molecule has 0 aliphatic carbocycles. The van der Waals surface area contributed by atoms with E-state index in [0.717, 1.165) is 10.5 Å². The minimum Gasteiger partial charge on any atom is -0.142 e. The predicted molar refractivity (Wildman–Crippen MR) is 168 cm³/mol. The summed E-state index contributed by atoms with van der Waals surface area (Å²) in [6.07, 6.45) is 0. The number of hydrogen-bond donors (Lipinski definition) is 1. The fraction of sp³-hybridized carbons (Fsp3) is 0.0270. The minimum absolute atomic E-state index is 1.02. The number of thiol groups is 1. The van der Waals surface area contributed by atoms with E-state index in [0.29, 0.717) is 0 Å². The molecule has 0 N–H and O–H groups in total. The molecule has 0 atom stereocenters. The number of hydrogen-bond acceptors (Lipinski definition) is 1. The van der Waals surface area contributed by atoms with Crippen molar-refractivity contribution in [3.63, 3.8) is 0 Å². The molecule has 8 aromatic carbocycles. The fourth-order valence-corrected chi connectivity index (χ4v) is 6.94. The second kappa shape index (κ2) is 8.08. The highest BCUT2D eigenvalue weighted by Crippen LogP contribution is 2.47. The van der Waals surface area contributed by atoms with Gasteiger partial charge < -0.3 is 0 Å². The van der Waals surface area contributed by atoms with Gasteiger partial charge in [-0.3, -0.25) is 0 Å². The van der Waals surface area contributed by atoms with E-state index in [9.17, 15) is 0 Å². The number of fused-ring (bicyclic) bond motifs is 6. The Morgan fingerprint density at radius 2 is 0.816 bits per heavy atom. The Hall–Kier alpha value is -4.33. The lowest BCUT2D eigenvalue weighted by Crippen LogP contribution is -1.92. The summed E-state index contributed by atoms with van der Waals surface area (Å²) in [4.78, 5) is 1.02. The Bertz CT molecular complexity index is 2100. The van der Waals surface area contributed by atoms with Crippen LogP contribution in [0.4, 0.5) is 0 Å². The second-order valence-corrected chi connectivity index (χ2v) is 10.7. The molecule has 0 aromatic heterocycles. The average molecular weight is 501 g/mol. The lowest BCUT2D eigenvalue weighted by atomic mass is 9.84. The van der Waals surface area contributed by atoms with E-state index in [1.54, 1.807) is 0 Å². The van der Waals surface area contributed by atoms with Crippen LogP contribution in [0.5, 0.6) is 0 Å². The van der Waals surface area contributed by atoms with Gasteiger partial charge in [0.2, 0.25) is 0 Å². The summed E-state index contributed by atoms with van der Waals surface area (Å²) in [6.45, 7) is 2.17. The molecule has 0 nitrogen and oxygen atoms in total. The molecule has 0 aliphatic heterocycles. The van der Waals surface area contributed by atoms with Gasteiger partial charge in [0.25, 0.3) is 0 Å². The lowest BCUT2D eigenvalue weighted by molar-refractivity contribution is 1.40. The molecule has 8 rings (SSSR count). The van der Waals surface area contributed by atoms with Crippen molar-refractivity contribution in [2.75, 3.05) is 0 Å². The van der Waals surface area contributed by atoms with E-state index >= 15 is 0 Å². The Labute approximate surface area is 226 Å². The molecule has 38 heavy (non-hydrogen) atoms. The van der Waals surface area contributed by atoms with Crippen molar-refractivity contribution in [1.82, 2.24) is 0 Å². The quantitative estimate of drug-likeness (QED) is 0.136. The lowest BCUT2D eigenvalue weighted by Gasteiger charge is -2.19. The summed E-state index contributed by atoms with van der Waals surface area (Å²) in [5, 5.41) is 13.2. The van der Waals surface area contributed by atoms with Crippen molar-refractivity contribution in [3.05, 3.63) is 127 Å².